The van der Waals surface area contributed by atoms with E-state index in [2.05, 4.69) is 15.3 Å². The molecule has 2 rings (SSSR count). The molecule has 0 saturated heterocycles. The van der Waals surface area contributed by atoms with Crippen LogP contribution in [0.15, 0.2) is 24.3 Å². The summed E-state index contributed by atoms with van der Waals surface area (Å²) in [7, 11) is 0. The first-order chi connectivity index (χ1) is 9.27. The van der Waals surface area contributed by atoms with Crippen LogP contribution in [0.2, 0.25) is 0 Å². The summed E-state index contributed by atoms with van der Waals surface area (Å²) >= 11 is 0. The molecule has 0 atom stereocenters. The van der Waals surface area contributed by atoms with Crippen molar-refractivity contribution in [2.24, 2.45) is 0 Å². The van der Waals surface area contributed by atoms with Gasteiger partial charge in [-0.05, 0) is 31.0 Å². The van der Waals surface area contributed by atoms with Crippen molar-refractivity contribution in [3.05, 3.63) is 41.1 Å². The number of halogens is 3. The highest BCUT2D eigenvalue weighted by molar-refractivity contribution is 5.62. The molecule has 0 aliphatic rings. The smallest absolute Gasteiger partial charge is 0.368 e. The number of anilines is 3. The summed E-state index contributed by atoms with van der Waals surface area (Å²) in [4.78, 5) is 6.96. The van der Waals surface area contributed by atoms with Gasteiger partial charge >= 0.3 is 6.18 Å². The van der Waals surface area contributed by atoms with Crippen molar-refractivity contribution < 1.29 is 13.2 Å². The monoisotopic (exact) mass is 282 g/mol. The van der Waals surface area contributed by atoms with Crippen LogP contribution in [-0.2, 0) is 6.18 Å². The Kier molecular flexibility index (Phi) is 3.52. The van der Waals surface area contributed by atoms with Gasteiger partial charge in [0.1, 0.15) is 5.82 Å². The number of hydrogen-bond donors (Lipinski definition) is 2. The van der Waals surface area contributed by atoms with Gasteiger partial charge in [0.25, 0.3) is 0 Å². The number of rotatable bonds is 2. The Morgan fingerprint density at radius 2 is 1.85 bits per heavy atom. The van der Waals surface area contributed by atoms with Crippen molar-refractivity contribution in [2.45, 2.75) is 20.0 Å². The van der Waals surface area contributed by atoms with Gasteiger partial charge in [-0.25, -0.2) is 4.98 Å². The van der Waals surface area contributed by atoms with Crippen LogP contribution >= 0.6 is 0 Å². The molecule has 1 heterocycles. The van der Waals surface area contributed by atoms with E-state index in [1.165, 1.54) is 0 Å². The molecular weight excluding hydrogens is 269 g/mol. The lowest BCUT2D eigenvalue weighted by molar-refractivity contribution is -0.141. The fourth-order valence-corrected chi connectivity index (χ4v) is 1.70. The summed E-state index contributed by atoms with van der Waals surface area (Å²) in [5.74, 6) is -0.411. The standard InChI is InChI=1S/C13H13F3N4/c1-7-4-3-5-9(8(7)2)18-11-6-10(13(14,15)16)19-12(17)20-11/h3-6H,1-2H3,(H3,17,18,19,20). The van der Waals surface area contributed by atoms with Gasteiger partial charge in [0.05, 0.1) is 0 Å². The van der Waals surface area contributed by atoms with Gasteiger partial charge in [0.15, 0.2) is 5.69 Å². The van der Waals surface area contributed by atoms with Crippen LogP contribution in [0.1, 0.15) is 16.8 Å². The molecule has 0 bridgehead atoms. The zero-order chi connectivity index (χ0) is 14.9. The number of nitrogen functional groups attached to an aromatic ring is 1. The number of aryl methyl sites for hydroxylation is 1. The molecule has 0 aliphatic carbocycles. The maximum atomic E-state index is 12.7. The lowest BCUT2D eigenvalue weighted by Crippen LogP contribution is -2.12. The van der Waals surface area contributed by atoms with E-state index in [0.29, 0.717) is 5.69 Å². The maximum absolute atomic E-state index is 12.7. The second kappa shape index (κ2) is 4.99. The first kappa shape index (κ1) is 14.1. The Hall–Kier alpha value is -2.31. The number of nitrogens with one attached hydrogen (secondary N) is 1. The topological polar surface area (TPSA) is 63.8 Å². The van der Waals surface area contributed by atoms with Gasteiger partial charge in [-0.15, -0.1) is 0 Å². The molecule has 7 heteroatoms. The molecule has 4 nitrogen and oxygen atoms in total. The number of alkyl halides is 3. The molecule has 1 aromatic heterocycles. The zero-order valence-electron chi connectivity index (χ0n) is 10.9. The van der Waals surface area contributed by atoms with Crippen molar-refractivity contribution in [1.29, 1.82) is 0 Å². The van der Waals surface area contributed by atoms with Gasteiger partial charge < -0.3 is 11.1 Å². The molecule has 2 aromatic rings. The molecule has 0 saturated carbocycles. The number of hydrogen-bond acceptors (Lipinski definition) is 4. The van der Waals surface area contributed by atoms with Crippen LogP contribution in [-0.4, -0.2) is 9.97 Å². The number of nitrogens with zero attached hydrogens (tertiary/aromatic N) is 2. The summed E-state index contributed by atoms with van der Waals surface area (Å²) in [5, 5.41) is 2.84. The first-order valence-corrected chi connectivity index (χ1v) is 5.82. The van der Waals surface area contributed by atoms with Crippen molar-refractivity contribution in [3.63, 3.8) is 0 Å². The van der Waals surface area contributed by atoms with E-state index in [1.807, 2.05) is 19.9 Å². The van der Waals surface area contributed by atoms with Gasteiger partial charge in [-0.1, -0.05) is 12.1 Å². The van der Waals surface area contributed by atoms with Crippen molar-refractivity contribution in [2.75, 3.05) is 11.1 Å². The molecule has 0 unspecified atom stereocenters. The van der Waals surface area contributed by atoms with E-state index >= 15 is 0 Å². The highest BCUT2D eigenvalue weighted by atomic mass is 19.4. The van der Waals surface area contributed by atoms with Crippen molar-refractivity contribution in [3.8, 4) is 0 Å². The third-order valence-electron chi connectivity index (χ3n) is 2.90. The Balaban J connectivity index is 2.39. The summed E-state index contributed by atoms with van der Waals surface area (Å²) in [6.45, 7) is 3.78. The predicted molar refractivity (Wildman–Crippen MR) is 70.6 cm³/mol. The second-order valence-electron chi connectivity index (χ2n) is 4.37. The van der Waals surface area contributed by atoms with Gasteiger partial charge in [0.2, 0.25) is 5.95 Å². The summed E-state index contributed by atoms with van der Waals surface area (Å²) in [6.07, 6.45) is -4.56. The molecular formula is C13H13F3N4. The molecule has 1 aromatic carbocycles. The lowest BCUT2D eigenvalue weighted by Gasteiger charge is -2.13. The molecule has 0 spiro atoms. The molecule has 3 N–H and O–H groups in total. The van der Waals surface area contributed by atoms with Crippen LogP contribution < -0.4 is 11.1 Å². The molecule has 106 valence electrons. The van der Waals surface area contributed by atoms with Gasteiger partial charge in [-0.3, -0.25) is 0 Å². The van der Waals surface area contributed by atoms with Crippen LogP contribution in [0.25, 0.3) is 0 Å². The van der Waals surface area contributed by atoms with E-state index in [-0.39, 0.29) is 5.82 Å². The molecule has 0 aliphatic heterocycles. The summed E-state index contributed by atoms with van der Waals surface area (Å²) < 4.78 is 38.0. The van der Waals surface area contributed by atoms with Crippen LogP contribution in [0.4, 0.5) is 30.6 Å². The van der Waals surface area contributed by atoms with E-state index in [1.54, 1.807) is 12.1 Å². The minimum atomic E-state index is -4.56. The minimum absolute atomic E-state index is 0.0125. The SMILES string of the molecule is Cc1cccc(Nc2cc(C(F)(F)F)nc(N)n2)c1C. The zero-order valence-corrected chi connectivity index (χ0v) is 10.9. The van der Waals surface area contributed by atoms with E-state index in [9.17, 15) is 13.2 Å². The van der Waals surface area contributed by atoms with E-state index < -0.39 is 17.8 Å². The Labute approximate surface area is 113 Å². The number of benzene rings is 1. The molecule has 0 amide bonds. The molecule has 0 fully saturated rings. The van der Waals surface area contributed by atoms with Crippen molar-refractivity contribution >= 4 is 17.5 Å². The fourth-order valence-electron chi connectivity index (χ4n) is 1.70. The molecule has 0 radical (unpaired) electrons. The summed E-state index contributed by atoms with van der Waals surface area (Å²) in [5.41, 5.74) is 6.87. The molecule has 20 heavy (non-hydrogen) atoms. The number of aromatic nitrogens is 2. The van der Waals surface area contributed by atoms with Gasteiger partial charge in [-0.2, -0.15) is 18.2 Å². The third-order valence-corrected chi connectivity index (χ3v) is 2.90. The van der Waals surface area contributed by atoms with Crippen LogP contribution in [0, 0.1) is 13.8 Å². The largest absolute Gasteiger partial charge is 0.433 e. The Morgan fingerprint density at radius 1 is 1.15 bits per heavy atom. The average molecular weight is 282 g/mol. The predicted octanol–water partition coefficient (Wildman–Crippen LogP) is 3.44. The van der Waals surface area contributed by atoms with Crippen LogP contribution in [0.5, 0.6) is 0 Å². The summed E-state index contributed by atoms with van der Waals surface area (Å²) in [6, 6.07) is 6.31. The third kappa shape index (κ3) is 2.98. The normalized spacial score (nSPS) is 11.4. The van der Waals surface area contributed by atoms with E-state index in [0.717, 1.165) is 17.2 Å². The Bertz CT molecular complexity index is 638. The first-order valence-electron chi connectivity index (χ1n) is 5.82. The van der Waals surface area contributed by atoms with Crippen molar-refractivity contribution in [1.82, 2.24) is 9.97 Å². The average Bonchev–Trinajstić information content (AvgIpc) is 2.33. The minimum Gasteiger partial charge on any atom is -0.368 e. The highest BCUT2D eigenvalue weighted by Crippen LogP contribution is 2.30. The fraction of sp³-hybridized carbons (Fsp3) is 0.231. The Morgan fingerprint density at radius 3 is 2.50 bits per heavy atom. The highest BCUT2D eigenvalue weighted by Gasteiger charge is 2.33. The lowest BCUT2D eigenvalue weighted by atomic mass is 10.1. The second-order valence-corrected chi connectivity index (χ2v) is 4.37. The van der Waals surface area contributed by atoms with Gasteiger partial charge in [0, 0.05) is 11.8 Å². The number of nitrogens with two attached hydrogens (primary N) is 1. The van der Waals surface area contributed by atoms with E-state index in [4.69, 9.17) is 5.73 Å². The maximum Gasteiger partial charge on any atom is 0.433 e. The van der Waals surface area contributed by atoms with Crippen LogP contribution in [0.3, 0.4) is 0 Å². The quantitative estimate of drug-likeness (QED) is 0.885.